The van der Waals surface area contributed by atoms with Crippen LogP contribution < -0.4 is 11.4 Å². The van der Waals surface area contributed by atoms with E-state index in [1.165, 1.54) is 4.57 Å². The van der Waals surface area contributed by atoms with E-state index in [4.69, 9.17) is 5.73 Å². The Labute approximate surface area is 76.7 Å². The third-order valence-corrected chi connectivity index (χ3v) is 1.60. The summed E-state index contributed by atoms with van der Waals surface area (Å²) < 4.78 is 1.50. The van der Waals surface area contributed by atoms with Crippen LogP contribution in [0.1, 0.15) is 13.3 Å². The van der Waals surface area contributed by atoms with Gasteiger partial charge in [0.1, 0.15) is 5.82 Å². The Balaban J connectivity index is 2.78. The largest absolute Gasteiger partial charge is 0.383 e. The van der Waals surface area contributed by atoms with Crippen LogP contribution in [0.4, 0.5) is 5.82 Å². The van der Waals surface area contributed by atoms with E-state index < -0.39 is 0 Å². The molecule has 0 unspecified atom stereocenters. The third-order valence-electron chi connectivity index (χ3n) is 1.60. The van der Waals surface area contributed by atoms with Gasteiger partial charge in [-0.25, -0.2) is 4.79 Å². The van der Waals surface area contributed by atoms with Crippen LogP contribution in [0, 0.1) is 0 Å². The molecule has 1 heterocycles. The van der Waals surface area contributed by atoms with Crippen molar-refractivity contribution >= 4 is 5.82 Å². The lowest BCUT2D eigenvalue weighted by Crippen LogP contribution is -2.22. The standard InChI is InChI=1S/C9H13N3O/c1-2-3-4-6-12-7-5-8(10)11-9(12)13/h3-5,7H,2,6H2,1H3,(H2,10,11,13)/b4-3-. The Bertz CT molecular complexity index is 354. The molecule has 0 aliphatic rings. The molecule has 13 heavy (non-hydrogen) atoms. The van der Waals surface area contributed by atoms with Gasteiger partial charge in [0.2, 0.25) is 0 Å². The van der Waals surface area contributed by atoms with Gasteiger partial charge in [0.25, 0.3) is 0 Å². The molecule has 4 nitrogen and oxygen atoms in total. The monoisotopic (exact) mass is 179 g/mol. The lowest BCUT2D eigenvalue weighted by atomic mass is 10.4. The first-order valence-electron chi connectivity index (χ1n) is 4.22. The molecule has 0 aliphatic carbocycles. The molecule has 1 rings (SSSR count). The number of nitrogen functional groups attached to an aromatic ring is 1. The van der Waals surface area contributed by atoms with Crippen LogP contribution in [-0.2, 0) is 6.54 Å². The number of aromatic nitrogens is 2. The minimum Gasteiger partial charge on any atom is -0.383 e. The second kappa shape index (κ2) is 4.45. The van der Waals surface area contributed by atoms with Crippen molar-refractivity contribution in [1.82, 2.24) is 9.55 Å². The van der Waals surface area contributed by atoms with Gasteiger partial charge >= 0.3 is 5.69 Å². The zero-order valence-corrected chi connectivity index (χ0v) is 7.60. The molecule has 1 aromatic heterocycles. The molecule has 0 bridgehead atoms. The van der Waals surface area contributed by atoms with E-state index in [-0.39, 0.29) is 11.5 Å². The molecule has 70 valence electrons. The number of nitrogens with zero attached hydrogens (tertiary/aromatic N) is 2. The maximum Gasteiger partial charge on any atom is 0.349 e. The Kier molecular flexibility index (Phi) is 3.25. The summed E-state index contributed by atoms with van der Waals surface area (Å²) in [4.78, 5) is 14.8. The van der Waals surface area contributed by atoms with Crippen molar-refractivity contribution in [2.24, 2.45) is 0 Å². The highest BCUT2D eigenvalue weighted by Gasteiger charge is 1.93. The lowest BCUT2D eigenvalue weighted by molar-refractivity contribution is 0.744. The Morgan fingerprint density at radius 3 is 3.00 bits per heavy atom. The Hall–Kier alpha value is -1.58. The van der Waals surface area contributed by atoms with Crippen LogP contribution in [0.5, 0.6) is 0 Å². The predicted molar refractivity (Wildman–Crippen MR) is 52.3 cm³/mol. The molecule has 0 aromatic carbocycles. The molecular formula is C9H13N3O. The Morgan fingerprint density at radius 2 is 2.38 bits per heavy atom. The molecule has 0 atom stereocenters. The minimum atomic E-state index is -0.305. The van der Waals surface area contributed by atoms with Crippen molar-refractivity contribution in [2.75, 3.05) is 5.73 Å². The highest BCUT2D eigenvalue weighted by Crippen LogP contribution is 1.90. The van der Waals surface area contributed by atoms with Crippen molar-refractivity contribution in [3.8, 4) is 0 Å². The van der Waals surface area contributed by atoms with Crippen LogP contribution >= 0.6 is 0 Å². The van der Waals surface area contributed by atoms with Crippen molar-refractivity contribution in [2.45, 2.75) is 19.9 Å². The molecule has 0 amide bonds. The van der Waals surface area contributed by atoms with Gasteiger partial charge in [-0.3, -0.25) is 4.57 Å². The van der Waals surface area contributed by atoms with Gasteiger partial charge in [-0.05, 0) is 12.5 Å². The quantitative estimate of drug-likeness (QED) is 0.698. The molecule has 2 N–H and O–H groups in total. The smallest absolute Gasteiger partial charge is 0.349 e. The van der Waals surface area contributed by atoms with Crippen LogP contribution in [-0.4, -0.2) is 9.55 Å². The number of hydrogen-bond donors (Lipinski definition) is 1. The van der Waals surface area contributed by atoms with Gasteiger partial charge in [0.15, 0.2) is 0 Å². The molecule has 0 spiro atoms. The second-order valence-corrected chi connectivity index (χ2v) is 2.67. The summed E-state index contributed by atoms with van der Waals surface area (Å²) in [6.45, 7) is 2.60. The molecule has 4 heteroatoms. The second-order valence-electron chi connectivity index (χ2n) is 2.67. The summed E-state index contributed by atoms with van der Waals surface area (Å²) in [5, 5.41) is 0. The van der Waals surface area contributed by atoms with E-state index in [0.717, 1.165) is 6.42 Å². The topological polar surface area (TPSA) is 60.9 Å². The summed E-state index contributed by atoms with van der Waals surface area (Å²) in [7, 11) is 0. The zero-order chi connectivity index (χ0) is 9.68. The number of hydrogen-bond acceptors (Lipinski definition) is 3. The van der Waals surface area contributed by atoms with E-state index in [1.807, 2.05) is 19.1 Å². The molecular weight excluding hydrogens is 166 g/mol. The Morgan fingerprint density at radius 1 is 1.62 bits per heavy atom. The van der Waals surface area contributed by atoms with Gasteiger partial charge in [0, 0.05) is 12.7 Å². The van der Waals surface area contributed by atoms with Crippen molar-refractivity contribution in [3.05, 3.63) is 34.9 Å². The molecule has 0 radical (unpaired) electrons. The summed E-state index contributed by atoms with van der Waals surface area (Å²) in [6, 6.07) is 1.61. The first-order valence-corrected chi connectivity index (χ1v) is 4.22. The zero-order valence-electron chi connectivity index (χ0n) is 7.60. The van der Waals surface area contributed by atoms with Gasteiger partial charge in [-0.15, -0.1) is 0 Å². The van der Waals surface area contributed by atoms with Crippen LogP contribution in [0.2, 0.25) is 0 Å². The van der Waals surface area contributed by atoms with Crippen molar-refractivity contribution in [3.63, 3.8) is 0 Å². The molecule has 0 fully saturated rings. The lowest BCUT2D eigenvalue weighted by Gasteiger charge is -1.99. The van der Waals surface area contributed by atoms with Gasteiger partial charge < -0.3 is 5.73 Å². The van der Waals surface area contributed by atoms with Crippen LogP contribution in [0.15, 0.2) is 29.2 Å². The fraction of sp³-hybridized carbons (Fsp3) is 0.333. The number of rotatable bonds is 3. The molecule has 0 saturated carbocycles. The van der Waals surface area contributed by atoms with Crippen molar-refractivity contribution < 1.29 is 0 Å². The maximum atomic E-state index is 11.2. The average molecular weight is 179 g/mol. The summed E-state index contributed by atoms with van der Waals surface area (Å²) in [5.74, 6) is 0.265. The predicted octanol–water partition coefficient (Wildman–Crippen LogP) is 0.792. The molecule has 1 aromatic rings. The summed E-state index contributed by atoms with van der Waals surface area (Å²) in [6.07, 6.45) is 6.55. The first-order chi connectivity index (χ1) is 6.24. The van der Waals surface area contributed by atoms with E-state index in [1.54, 1.807) is 12.3 Å². The third kappa shape index (κ3) is 2.74. The van der Waals surface area contributed by atoms with Crippen LogP contribution in [0.25, 0.3) is 0 Å². The normalized spacial score (nSPS) is 10.8. The van der Waals surface area contributed by atoms with Gasteiger partial charge in [-0.2, -0.15) is 4.98 Å². The average Bonchev–Trinajstić information content (AvgIpc) is 2.09. The van der Waals surface area contributed by atoms with E-state index >= 15 is 0 Å². The highest BCUT2D eigenvalue weighted by atomic mass is 16.1. The molecule has 0 aliphatic heterocycles. The van der Waals surface area contributed by atoms with E-state index in [9.17, 15) is 4.79 Å². The fourth-order valence-corrected chi connectivity index (χ4v) is 0.936. The van der Waals surface area contributed by atoms with Gasteiger partial charge in [0.05, 0.1) is 0 Å². The van der Waals surface area contributed by atoms with Gasteiger partial charge in [-0.1, -0.05) is 19.1 Å². The minimum absolute atomic E-state index is 0.265. The summed E-state index contributed by atoms with van der Waals surface area (Å²) >= 11 is 0. The summed E-state index contributed by atoms with van der Waals surface area (Å²) in [5.41, 5.74) is 5.04. The van der Waals surface area contributed by atoms with E-state index in [0.29, 0.717) is 6.54 Å². The molecule has 0 saturated heterocycles. The van der Waals surface area contributed by atoms with Crippen LogP contribution in [0.3, 0.4) is 0 Å². The number of allylic oxidation sites excluding steroid dienone is 2. The highest BCUT2D eigenvalue weighted by molar-refractivity contribution is 5.23. The van der Waals surface area contributed by atoms with E-state index in [2.05, 4.69) is 4.98 Å². The number of nitrogens with two attached hydrogens (primary N) is 1. The maximum absolute atomic E-state index is 11.2. The SMILES string of the molecule is CC/C=C\Cn1ccc(N)nc1=O. The fourth-order valence-electron chi connectivity index (χ4n) is 0.936. The number of anilines is 1. The first kappa shape index (κ1) is 9.51. The van der Waals surface area contributed by atoms with Crippen molar-refractivity contribution in [1.29, 1.82) is 0 Å².